The van der Waals surface area contributed by atoms with Crippen LogP contribution in [0.25, 0.3) is 5.69 Å². The standard InChI is InChI=1S/C12H8ClN3O/c13-9-1-3-11(4-2-9)16-7-10(15)5-8(6-14)12(16)17/h1-5,7H,15H2. The minimum absolute atomic E-state index is 0.0138. The number of anilines is 1. The third kappa shape index (κ3) is 2.14. The summed E-state index contributed by atoms with van der Waals surface area (Å²) in [5, 5.41) is 9.39. The van der Waals surface area contributed by atoms with Crippen LogP contribution in [0.5, 0.6) is 0 Å². The zero-order valence-electron chi connectivity index (χ0n) is 8.72. The highest BCUT2D eigenvalue weighted by Gasteiger charge is 2.06. The van der Waals surface area contributed by atoms with Gasteiger partial charge < -0.3 is 5.73 Å². The maximum absolute atomic E-state index is 11.9. The van der Waals surface area contributed by atoms with Crippen LogP contribution in [0.4, 0.5) is 5.69 Å². The van der Waals surface area contributed by atoms with E-state index in [1.54, 1.807) is 24.3 Å². The highest BCUT2D eigenvalue weighted by Crippen LogP contribution is 2.13. The lowest BCUT2D eigenvalue weighted by molar-refractivity contribution is 0.986. The Hall–Kier alpha value is -2.25. The number of halogens is 1. The number of nitriles is 1. The average molecular weight is 246 g/mol. The van der Waals surface area contributed by atoms with Crippen molar-refractivity contribution in [3.63, 3.8) is 0 Å². The first-order chi connectivity index (χ1) is 8.11. The lowest BCUT2D eigenvalue weighted by atomic mass is 10.2. The molecule has 0 amide bonds. The van der Waals surface area contributed by atoms with Gasteiger partial charge in [0.25, 0.3) is 5.56 Å². The summed E-state index contributed by atoms with van der Waals surface area (Å²) in [6.07, 6.45) is 1.48. The van der Waals surface area contributed by atoms with Gasteiger partial charge in [-0.1, -0.05) is 11.6 Å². The maximum atomic E-state index is 11.9. The molecule has 0 aliphatic rings. The summed E-state index contributed by atoms with van der Waals surface area (Å²) in [6.45, 7) is 0. The number of hydrogen-bond acceptors (Lipinski definition) is 3. The zero-order valence-corrected chi connectivity index (χ0v) is 9.48. The Kier molecular flexibility index (Phi) is 2.86. The summed E-state index contributed by atoms with van der Waals surface area (Å²) >= 11 is 5.76. The van der Waals surface area contributed by atoms with E-state index in [0.29, 0.717) is 16.4 Å². The molecule has 2 aromatic rings. The molecule has 84 valence electrons. The van der Waals surface area contributed by atoms with Gasteiger partial charge >= 0.3 is 0 Å². The van der Waals surface area contributed by atoms with E-state index in [1.807, 2.05) is 6.07 Å². The van der Waals surface area contributed by atoms with Crippen molar-refractivity contribution in [1.82, 2.24) is 4.57 Å². The molecule has 0 aliphatic carbocycles. The molecule has 0 unspecified atom stereocenters. The van der Waals surface area contributed by atoms with Crippen molar-refractivity contribution < 1.29 is 0 Å². The normalized spacial score (nSPS) is 9.88. The molecule has 17 heavy (non-hydrogen) atoms. The molecule has 1 aromatic heterocycles. The lowest BCUT2D eigenvalue weighted by Crippen LogP contribution is -2.21. The maximum Gasteiger partial charge on any atom is 0.273 e. The van der Waals surface area contributed by atoms with Crippen LogP contribution >= 0.6 is 11.6 Å². The Balaban J connectivity index is 2.68. The summed E-state index contributed by atoms with van der Waals surface area (Å²) in [7, 11) is 0. The molecule has 0 saturated carbocycles. The Bertz CT molecular complexity index is 653. The van der Waals surface area contributed by atoms with Gasteiger partial charge in [-0.25, -0.2) is 0 Å². The molecule has 1 heterocycles. The predicted octanol–water partition coefficient (Wildman–Crippen LogP) is 1.94. The van der Waals surface area contributed by atoms with E-state index >= 15 is 0 Å². The van der Waals surface area contributed by atoms with Gasteiger partial charge in [0.15, 0.2) is 0 Å². The second-order valence-corrected chi connectivity index (χ2v) is 3.89. The van der Waals surface area contributed by atoms with Crippen LogP contribution in [0, 0.1) is 11.3 Å². The Morgan fingerprint density at radius 2 is 1.94 bits per heavy atom. The van der Waals surface area contributed by atoms with Crippen molar-refractivity contribution in [1.29, 1.82) is 5.26 Å². The zero-order chi connectivity index (χ0) is 12.4. The average Bonchev–Trinajstić information content (AvgIpc) is 2.33. The van der Waals surface area contributed by atoms with Gasteiger partial charge in [-0.3, -0.25) is 9.36 Å². The van der Waals surface area contributed by atoms with Crippen molar-refractivity contribution >= 4 is 17.3 Å². The van der Waals surface area contributed by atoms with Gasteiger partial charge in [-0.2, -0.15) is 5.26 Å². The number of nitrogens with zero attached hydrogens (tertiary/aromatic N) is 2. The molecule has 0 bridgehead atoms. The number of benzene rings is 1. The van der Waals surface area contributed by atoms with E-state index in [4.69, 9.17) is 22.6 Å². The molecule has 0 fully saturated rings. The molecular formula is C12H8ClN3O. The molecule has 0 radical (unpaired) electrons. The van der Waals surface area contributed by atoms with Crippen molar-refractivity contribution in [3.05, 3.63) is 57.5 Å². The Labute approximate surface area is 102 Å². The van der Waals surface area contributed by atoms with Crippen LogP contribution in [0.3, 0.4) is 0 Å². The molecule has 0 atom stereocenters. The highest BCUT2D eigenvalue weighted by molar-refractivity contribution is 6.30. The molecule has 5 heteroatoms. The van der Waals surface area contributed by atoms with E-state index < -0.39 is 5.56 Å². The minimum Gasteiger partial charge on any atom is -0.397 e. The molecular weight excluding hydrogens is 238 g/mol. The molecule has 2 rings (SSSR count). The largest absolute Gasteiger partial charge is 0.397 e. The van der Waals surface area contributed by atoms with E-state index in [0.717, 1.165) is 0 Å². The molecule has 4 nitrogen and oxygen atoms in total. The second kappa shape index (κ2) is 4.32. The van der Waals surface area contributed by atoms with Gasteiger partial charge in [0.1, 0.15) is 11.6 Å². The minimum atomic E-state index is -0.399. The molecule has 1 aromatic carbocycles. The van der Waals surface area contributed by atoms with Crippen LogP contribution in [0.15, 0.2) is 41.3 Å². The van der Waals surface area contributed by atoms with Crippen molar-refractivity contribution in [2.75, 3.05) is 5.73 Å². The van der Waals surface area contributed by atoms with Crippen molar-refractivity contribution in [3.8, 4) is 11.8 Å². The topological polar surface area (TPSA) is 71.8 Å². The number of rotatable bonds is 1. The SMILES string of the molecule is N#Cc1cc(N)cn(-c2ccc(Cl)cc2)c1=O. The van der Waals surface area contributed by atoms with Gasteiger partial charge in [0, 0.05) is 22.6 Å². The quantitative estimate of drug-likeness (QED) is 0.835. The van der Waals surface area contributed by atoms with E-state index in [9.17, 15) is 4.79 Å². The van der Waals surface area contributed by atoms with Crippen LogP contribution in [-0.2, 0) is 0 Å². The monoisotopic (exact) mass is 245 g/mol. The van der Waals surface area contributed by atoms with Gasteiger partial charge in [0.2, 0.25) is 0 Å². The highest BCUT2D eigenvalue weighted by atomic mass is 35.5. The Morgan fingerprint density at radius 3 is 2.53 bits per heavy atom. The number of nitrogen functional groups attached to an aromatic ring is 1. The van der Waals surface area contributed by atoms with Crippen molar-refractivity contribution in [2.45, 2.75) is 0 Å². The molecule has 0 spiro atoms. The Morgan fingerprint density at radius 1 is 1.29 bits per heavy atom. The van der Waals surface area contributed by atoms with Crippen molar-refractivity contribution in [2.24, 2.45) is 0 Å². The summed E-state index contributed by atoms with van der Waals surface area (Å²) in [5.41, 5.74) is 6.22. The molecule has 0 saturated heterocycles. The van der Waals surface area contributed by atoms with Gasteiger partial charge in [-0.15, -0.1) is 0 Å². The van der Waals surface area contributed by atoms with Crippen LogP contribution < -0.4 is 11.3 Å². The number of aromatic nitrogens is 1. The van der Waals surface area contributed by atoms with Gasteiger partial charge in [0.05, 0.1) is 0 Å². The van der Waals surface area contributed by atoms with Crippen LogP contribution in [0.1, 0.15) is 5.56 Å². The fourth-order valence-electron chi connectivity index (χ4n) is 1.48. The summed E-state index contributed by atoms with van der Waals surface area (Å²) in [5.74, 6) is 0. The second-order valence-electron chi connectivity index (χ2n) is 3.45. The third-order valence-corrected chi connectivity index (χ3v) is 2.52. The van der Waals surface area contributed by atoms with Gasteiger partial charge in [-0.05, 0) is 30.3 Å². The summed E-state index contributed by atoms with van der Waals surface area (Å²) in [4.78, 5) is 11.9. The first-order valence-corrected chi connectivity index (χ1v) is 5.18. The number of hydrogen-bond donors (Lipinski definition) is 1. The first kappa shape index (κ1) is 11.2. The molecule has 2 N–H and O–H groups in total. The van der Waals surface area contributed by atoms with E-state index in [2.05, 4.69) is 0 Å². The summed E-state index contributed by atoms with van der Waals surface area (Å²) < 4.78 is 1.32. The predicted molar refractivity (Wildman–Crippen MR) is 66.2 cm³/mol. The first-order valence-electron chi connectivity index (χ1n) is 4.80. The van der Waals surface area contributed by atoms with Crippen LogP contribution in [0.2, 0.25) is 5.02 Å². The van der Waals surface area contributed by atoms with E-state index in [-0.39, 0.29) is 5.56 Å². The number of nitrogens with two attached hydrogens (primary N) is 1. The molecule has 0 aliphatic heterocycles. The summed E-state index contributed by atoms with van der Waals surface area (Å²) in [6, 6.07) is 9.87. The fraction of sp³-hybridized carbons (Fsp3) is 0. The number of pyridine rings is 1. The van der Waals surface area contributed by atoms with E-state index in [1.165, 1.54) is 16.8 Å². The smallest absolute Gasteiger partial charge is 0.273 e. The fourth-order valence-corrected chi connectivity index (χ4v) is 1.60. The van der Waals surface area contributed by atoms with Crippen LogP contribution in [-0.4, -0.2) is 4.57 Å². The third-order valence-electron chi connectivity index (χ3n) is 2.26. The lowest BCUT2D eigenvalue weighted by Gasteiger charge is -2.07.